The van der Waals surface area contributed by atoms with Crippen LogP contribution in [0.2, 0.25) is 0 Å². The first-order valence-electron chi connectivity index (χ1n) is 22.4. The molecule has 0 aliphatic rings. The van der Waals surface area contributed by atoms with Gasteiger partial charge in [0.1, 0.15) is 0 Å². The molecule has 306 valence electrons. The van der Waals surface area contributed by atoms with Crippen LogP contribution in [0.25, 0.3) is 60.2 Å². The van der Waals surface area contributed by atoms with Gasteiger partial charge in [-0.15, -0.1) is 0 Å². The quantitative estimate of drug-likeness (QED) is 0.104. The zero-order chi connectivity index (χ0) is 43.2. The molecule has 1 aromatic heterocycles. The number of rotatable bonds is 9. The summed E-state index contributed by atoms with van der Waals surface area (Å²) in [5.74, 6) is 0. The van der Waals surface area contributed by atoms with Crippen LogP contribution in [0.5, 0.6) is 0 Å². The maximum Gasteiger partial charge on any atom is 0.179 e. The summed E-state index contributed by atoms with van der Waals surface area (Å²) >= 11 is 0. The molecule has 0 radical (unpaired) electrons. The van der Waals surface area contributed by atoms with Crippen LogP contribution in [0.1, 0.15) is 0 Å². The Balaban J connectivity index is 1.08. The van der Waals surface area contributed by atoms with E-state index in [2.05, 4.69) is 276 Å². The standard InChI is InChI=1S/C62H44N2Si/c1-4-22-52(23-5-1)65(53-24-6-2-7-25-53,54-26-8-3-9-27-54)55-42-40-50(41-43-55)63(49-37-35-47(36-38-49)57-30-16-21-46-19-12-13-28-56(46)57)60-32-17-33-61-62(60)58-29-14-15-31-59(58)64(61)51-39-34-45-18-10-11-20-48(45)44-51/h1-44H. The average molecular weight is 845 g/mol. The Labute approximate surface area is 380 Å². The summed E-state index contributed by atoms with van der Waals surface area (Å²) in [6.45, 7) is 0. The number of para-hydroxylation sites is 1. The number of benzene rings is 11. The Hall–Kier alpha value is -8.24. The smallest absolute Gasteiger partial charge is 0.179 e. The minimum atomic E-state index is -2.74. The Bertz CT molecular complexity index is 3530. The molecular weight excluding hydrogens is 801 g/mol. The molecule has 0 saturated heterocycles. The molecule has 0 atom stereocenters. The first kappa shape index (κ1) is 38.4. The van der Waals surface area contributed by atoms with Gasteiger partial charge in [-0.3, -0.25) is 0 Å². The maximum atomic E-state index is 2.47. The fourth-order valence-corrected chi connectivity index (χ4v) is 15.1. The van der Waals surface area contributed by atoms with Crippen LogP contribution in [-0.2, 0) is 0 Å². The molecule has 3 heteroatoms. The summed E-state index contributed by atoms with van der Waals surface area (Å²) in [4.78, 5) is 2.47. The van der Waals surface area contributed by atoms with Gasteiger partial charge in [0.2, 0.25) is 0 Å². The third-order valence-electron chi connectivity index (χ3n) is 13.3. The topological polar surface area (TPSA) is 8.17 Å². The number of hydrogen-bond acceptors (Lipinski definition) is 1. The summed E-state index contributed by atoms with van der Waals surface area (Å²) in [6, 6.07) is 98.5. The van der Waals surface area contributed by atoms with E-state index in [9.17, 15) is 0 Å². The van der Waals surface area contributed by atoms with Gasteiger partial charge in [-0.2, -0.15) is 0 Å². The van der Waals surface area contributed by atoms with Crippen LogP contribution in [0.15, 0.2) is 267 Å². The fraction of sp³-hybridized carbons (Fsp3) is 0. The summed E-state index contributed by atoms with van der Waals surface area (Å²) in [5, 5.41) is 12.8. The van der Waals surface area contributed by atoms with Gasteiger partial charge in [-0.1, -0.05) is 212 Å². The molecule has 1 heterocycles. The lowest BCUT2D eigenvalue weighted by atomic mass is 9.98. The van der Waals surface area contributed by atoms with Crippen LogP contribution >= 0.6 is 0 Å². The monoisotopic (exact) mass is 844 g/mol. The van der Waals surface area contributed by atoms with Crippen LogP contribution in [-0.4, -0.2) is 12.6 Å². The average Bonchev–Trinajstić information content (AvgIpc) is 3.73. The summed E-state index contributed by atoms with van der Waals surface area (Å²) < 4.78 is 2.44. The van der Waals surface area contributed by atoms with E-state index in [4.69, 9.17) is 0 Å². The van der Waals surface area contributed by atoms with Crippen molar-refractivity contribution in [2.75, 3.05) is 4.90 Å². The molecule has 0 aliphatic heterocycles. The number of aromatic nitrogens is 1. The molecule has 0 amide bonds. The second-order valence-corrected chi connectivity index (χ2v) is 20.7. The molecule has 0 spiro atoms. The van der Waals surface area contributed by atoms with Crippen LogP contribution < -0.4 is 25.6 Å². The number of hydrogen-bond donors (Lipinski definition) is 0. The highest BCUT2D eigenvalue weighted by Crippen LogP contribution is 2.44. The molecule has 12 aromatic rings. The lowest BCUT2D eigenvalue weighted by molar-refractivity contribution is 1.18. The van der Waals surface area contributed by atoms with Crippen molar-refractivity contribution in [2.24, 2.45) is 0 Å². The van der Waals surface area contributed by atoms with Gasteiger partial charge in [0.05, 0.1) is 16.7 Å². The summed E-state index contributed by atoms with van der Waals surface area (Å²) in [7, 11) is -2.74. The van der Waals surface area contributed by atoms with E-state index in [-0.39, 0.29) is 0 Å². The Morgan fingerprint density at radius 2 is 0.815 bits per heavy atom. The number of anilines is 3. The molecule has 0 aliphatic carbocycles. The summed E-state index contributed by atoms with van der Waals surface area (Å²) in [5.41, 5.74) is 9.22. The van der Waals surface area contributed by atoms with Crippen molar-refractivity contribution in [1.82, 2.24) is 4.57 Å². The van der Waals surface area contributed by atoms with Gasteiger partial charge in [0, 0.05) is 27.8 Å². The lowest BCUT2D eigenvalue weighted by Gasteiger charge is -2.35. The SMILES string of the molecule is c1ccc([Si](c2ccccc2)(c2ccccc2)c2ccc(N(c3ccc(-c4cccc5ccccc45)cc3)c3cccc4c3c3ccccc3n4-c3ccc4ccccc4c3)cc2)cc1. The highest BCUT2D eigenvalue weighted by Gasteiger charge is 2.41. The van der Waals surface area contributed by atoms with Crippen molar-refractivity contribution in [3.63, 3.8) is 0 Å². The molecule has 65 heavy (non-hydrogen) atoms. The molecule has 2 nitrogen and oxygen atoms in total. The predicted octanol–water partition coefficient (Wildman–Crippen LogP) is 13.6. The zero-order valence-electron chi connectivity index (χ0n) is 35.8. The van der Waals surface area contributed by atoms with Crippen molar-refractivity contribution in [1.29, 1.82) is 0 Å². The van der Waals surface area contributed by atoms with E-state index < -0.39 is 8.07 Å². The zero-order valence-corrected chi connectivity index (χ0v) is 36.8. The van der Waals surface area contributed by atoms with Gasteiger partial charge in [0.15, 0.2) is 8.07 Å². The van der Waals surface area contributed by atoms with Gasteiger partial charge in [0.25, 0.3) is 0 Å². The van der Waals surface area contributed by atoms with Gasteiger partial charge in [-0.05, 0) is 108 Å². The van der Waals surface area contributed by atoms with E-state index >= 15 is 0 Å². The second-order valence-electron chi connectivity index (χ2n) is 16.9. The lowest BCUT2D eigenvalue weighted by Crippen LogP contribution is -2.74. The Kier molecular flexibility index (Phi) is 9.55. The predicted molar refractivity (Wildman–Crippen MR) is 280 cm³/mol. The third kappa shape index (κ3) is 6.47. The largest absolute Gasteiger partial charge is 0.310 e. The molecule has 0 saturated carbocycles. The van der Waals surface area contributed by atoms with Gasteiger partial charge in [-0.25, -0.2) is 0 Å². The molecular formula is C62H44N2Si. The normalized spacial score (nSPS) is 11.7. The van der Waals surface area contributed by atoms with Crippen molar-refractivity contribution in [2.45, 2.75) is 0 Å². The third-order valence-corrected chi connectivity index (χ3v) is 18.1. The number of fused-ring (bicyclic) bond motifs is 5. The molecule has 0 N–H and O–H groups in total. The van der Waals surface area contributed by atoms with Crippen molar-refractivity contribution >= 4 is 89.2 Å². The molecule has 12 rings (SSSR count). The molecule has 0 fully saturated rings. The maximum absolute atomic E-state index is 2.74. The first-order chi connectivity index (χ1) is 32.3. The van der Waals surface area contributed by atoms with Crippen LogP contribution in [0, 0.1) is 0 Å². The molecule has 0 bridgehead atoms. The van der Waals surface area contributed by atoms with E-state index in [1.54, 1.807) is 0 Å². The molecule has 0 unspecified atom stereocenters. The first-order valence-corrected chi connectivity index (χ1v) is 24.4. The minimum absolute atomic E-state index is 1.09. The molecule has 11 aromatic carbocycles. The minimum Gasteiger partial charge on any atom is -0.310 e. The Morgan fingerprint density at radius 1 is 0.323 bits per heavy atom. The summed E-state index contributed by atoms with van der Waals surface area (Å²) in [6.07, 6.45) is 0. The van der Waals surface area contributed by atoms with Crippen molar-refractivity contribution in [3.8, 4) is 16.8 Å². The number of nitrogens with zero attached hydrogens (tertiary/aromatic N) is 2. The fourth-order valence-electron chi connectivity index (χ4n) is 10.4. The van der Waals surface area contributed by atoms with Gasteiger partial charge < -0.3 is 9.47 Å². The van der Waals surface area contributed by atoms with Crippen molar-refractivity contribution < 1.29 is 0 Å². The van der Waals surface area contributed by atoms with E-state index in [1.165, 1.54) is 69.7 Å². The van der Waals surface area contributed by atoms with Crippen LogP contribution in [0.3, 0.4) is 0 Å². The van der Waals surface area contributed by atoms with Gasteiger partial charge >= 0.3 is 0 Å². The highest BCUT2D eigenvalue weighted by atomic mass is 28.3. The van der Waals surface area contributed by atoms with Crippen molar-refractivity contribution in [3.05, 3.63) is 267 Å². The second kappa shape index (κ2) is 16.1. The van der Waals surface area contributed by atoms with E-state index in [0.29, 0.717) is 0 Å². The van der Waals surface area contributed by atoms with E-state index in [1.807, 2.05) is 0 Å². The van der Waals surface area contributed by atoms with Crippen LogP contribution in [0.4, 0.5) is 17.1 Å². The van der Waals surface area contributed by atoms with E-state index in [0.717, 1.165) is 28.3 Å². The highest BCUT2D eigenvalue weighted by molar-refractivity contribution is 7.19. The Morgan fingerprint density at radius 3 is 1.48 bits per heavy atom.